The van der Waals surface area contributed by atoms with E-state index in [-0.39, 0.29) is 0 Å². The SMILES string of the molecule is C=C[Si](C)(C)CCCN(CC)CCC. The Morgan fingerprint density at radius 1 is 1.21 bits per heavy atom. The Bertz CT molecular complexity index is 154. The van der Waals surface area contributed by atoms with Gasteiger partial charge in [0.2, 0.25) is 0 Å². The van der Waals surface area contributed by atoms with Crippen molar-refractivity contribution < 1.29 is 0 Å². The third-order valence-corrected chi connectivity index (χ3v) is 5.58. The highest BCUT2D eigenvalue weighted by molar-refractivity contribution is 6.82. The number of hydrogen-bond acceptors (Lipinski definition) is 1. The quantitative estimate of drug-likeness (QED) is 0.558. The summed E-state index contributed by atoms with van der Waals surface area (Å²) in [5, 5.41) is 0. The van der Waals surface area contributed by atoms with Crippen LogP contribution in [0.25, 0.3) is 0 Å². The smallest absolute Gasteiger partial charge is 0.0710 e. The standard InChI is InChI=1S/C12H27NSi/c1-6-10-13(7-2)11-9-12-14(4,5)8-3/h8H,3,6-7,9-12H2,1-2,4-5H3. The molecule has 0 aliphatic heterocycles. The third-order valence-electron chi connectivity index (χ3n) is 2.84. The molecule has 0 rings (SSSR count). The fourth-order valence-corrected chi connectivity index (χ4v) is 2.88. The van der Waals surface area contributed by atoms with E-state index in [0.29, 0.717) is 0 Å². The largest absolute Gasteiger partial charge is 0.304 e. The monoisotopic (exact) mass is 213 g/mol. The van der Waals surface area contributed by atoms with E-state index in [1.54, 1.807) is 0 Å². The Kier molecular flexibility index (Phi) is 7.20. The van der Waals surface area contributed by atoms with Crippen LogP contribution in [0.3, 0.4) is 0 Å². The van der Waals surface area contributed by atoms with E-state index in [1.165, 1.54) is 38.5 Å². The van der Waals surface area contributed by atoms with Crippen molar-refractivity contribution in [3.63, 3.8) is 0 Å². The summed E-state index contributed by atoms with van der Waals surface area (Å²) in [7, 11) is -1.04. The minimum atomic E-state index is -1.04. The predicted molar refractivity (Wildman–Crippen MR) is 69.5 cm³/mol. The molecule has 2 heteroatoms. The van der Waals surface area contributed by atoms with E-state index in [0.717, 1.165) is 0 Å². The highest BCUT2D eigenvalue weighted by Gasteiger charge is 2.15. The minimum Gasteiger partial charge on any atom is -0.304 e. The molecule has 84 valence electrons. The van der Waals surface area contributed by atoms with Gasteiger partial charge in [-0.3, -0.25) is 0 Å². The van der Waals surface area contributed by atoms with Gasteiger partial charge in [-0.25, -0.2) is 0 Å². The predicted octanol–water partition coefficient (Wildman–Crippen LogP) is 3.54. The maximum Gasteiger partial charge on any atom is 0.0710 e. The molecule has 0 amide bonds. The Hall–Kier alpha value is -0.0831. The fraction of sp³-hybridized carbons (Fsp3) is 0.833. The Labute approximate surface area is 91.2 Å². The molecule has 0 saturated carbocycles. The van der Waals surface area contributed by atoms with Gasteiger partial charge in [0.25, 0.3) is 0 Å². The van der Waals surface area contributed by atoms with Gasteiger partial charge < -0.3 is 4.90 Å². The van der Waals surface area contributed by atoms with Gasteiger partial charge in [-0.05, 0) is 32.5 Å². The van der Waals surface area contributed by atoms with Gasteiger partial charge in [0.1, 0.15) is 0 Å². The van der Waals surface area contributed by atoms with E-state index < -0.39 is 8.07 Å². The molecule has 0 aliphatic carbocycles. The molecular formula is C12H27NSi. The molecule has 0 aromatic carbocycles. The number of nitrogens with zero attached hydrogens (tertiary/aromatic N) is 1. The van der Waals surface area contributed by atoms with Gasteiger partial charge >= 0.3 is 0 Å². The summed E-state index contributed by atoms with van der Waals surface area (Å²) in [4.78, 5) is 2.55. The van der Waals surface area contributed by atoms with Gasteiger partial charge in [-0.2, -0.15) is 0 Å². The first kappa shape index (κ1) is 13.9. The van der Waals surface area contributed by atoms with Crippen LogP contribution in [-0.2, 0) is 0 Å². The zero-order valence-electron chi connectivity index (χ0n) is 10.5. The van der Waals surface area contributed by atoms with Crippen LogP contribution in [0.5, 0.6) is 0 Å². The molecule has 0 aliphatic rings. The summed E-state index contributed by atoms with van der Waals surface area (Å²) in [6.07, 6.45) is 2.62. The van der Waals surface area contributed by atoms with Crippen molar-refractivity contribution in [3.05, 3.63) is 12.3 Å². The maximum atomic E-state index is 3.93. The lowest BCUT2D eigenvalue weighted by Crippen LogP contribution is -2.28. The number of hydrogen-bond donors (Lipinski definition) is 0. The Morgan fingerprint density at radius 3 is 2.29 bits per heavy atom. The molecule has 0 radical (unpaired) electrons. The minimum absolute atomic E-state index is 1.04. The lowest BCUT2D eigenvalue weighted by atomic mass is 10.3. The molecule has 0 heterocycles. The molecule has 14 heavy (non-hydrogen) atoms. The summed E-state index contributed by atoms with van der Waals surface area (Å²) < 4.78 is 0. The van der Waals surface area contributed by atoms with Gasteiger partial charge in [-0.1, -0.05) is 33.0 Å². The molecular weight excluding hydrogens is 186 g/mol. The lowest BCUT2D eigenvalue weighted by molar-refractivity contribution is 0.289. The second kappa shape index (κ2) is 7.24. The van der Waals surface area contributed by atoms with E-state index in [4.69, 9.17) is 0 Å². The molecule has 0 fully saturated rings. The van der Waals surface area contributed by atoms with Crippen LogP contribution in [0.2, 0.25) is 19.1 Å². The Morgan fingerprint density at radius 2 is 1.86 bits per heavy atom. The second-order valence-corrected chi connectivity index (χ2v) is 9.62. The van der Waals surface area contributed by atoms with Crippen molar-refractivity contribution >= 4 is 8.07 Å². The summed E-state index contributed by atoms with van der Waals surface area (Å²) in [5.41, 5.74) is 2.21. The average molecular weight is 213 g/mol. The van der Waals surface area contributed by atoms with E-state index in [1.807, 2.05) is 0 Å². The summed E-state index contributed by atoms with van der Waals surface area (Å²) in [5.74, 6) is 0. The first-order valence-electron chi connectivity index (χ1n) is 5.91. The van der Waals surface area contributed by atoms with Crippen LogP contribution in [0.4, 0.5) is 0 Å². The summed E-state index contributed by atoms with van der Waals surface area (Å²) in [6.45, 7) is 17.0. The van der Waals surface area contributed by atoms with Gasteiger partial charge in [0, 0.05) is 0 Å². The topological polar surface area (TPSA) is 3.24 Å². The second-order valence-electron chi connectivity index (χ2n) is 4.73. The van der Waals surface area contributed by atoms with Crippen LogP contribution >= 0.6 is 0 Å². The van der Waals surface area contributed by atoms with E-state index in [9.17, 15) is 0 Å². The van der Waals surface area contributed by atoms with Crippen molar-refractivity contribution in [2.24, 2.45) is 0 Å². The van der Waals surface area contributed by atoms with Crippen molar-refractivity contribution in [2.75, 3.05) is 19.6 Å². The molecule has 0 spiro atoms. The average Bonchev–Trinajstić information content (AvgIpc) is 2.16. The van der Waals surface area contributed by atoms with Crippen molar-refractivity contribution in [1.82, 2.24) is 4.90 Å². The number of rotatable bonds is 8. The summed E-state index contributed by atoms with van der Waals surface area (Å²) >= 11 is 0. The molecule has 0 bridgehead atoms. The zero-order chi connectivity index (χ0) is 11.0. The summed E-state index contributed by atoms with van der Waals surface area (Å²) in [6, 6.07) is 1.39. The Balaban J connectivity index is 3.65. The molecule has 0 aromatic heterocycles. The molecule has 0 aromatic rings. The molecule has 1 nitrogen and oxygen atoms in total. The zero-order valence-corrected chi connectivity index (χ0v) is 11.5. The van der Waals surface area contributed by atoms with Crippen LogP contribution in [0, 0.1) is 0 Å². The van der Waals surface area contributed by atoms with Crippen LogP contribution < -0.4 is 0 Å². The van der Waals surface area contributed by atoms with E-state index in [2.05, 4.69) is 44.1 Å². The van der Waals surface area contributed by atoms with Crippen LogP contribution in [0.15, 0.2) is 12.3 Å². The molecule has 0 unspecified atom stereocenters. The maximum absolute atomic E-state index is 3.93. The van der Waals surface area contributed by atoms with Crippen molar-refractivity contribution in [1.29, 1.82) is 0 Å². The molecule has 0 saturated heterocycles. The first-order chi connectivity index (χ1) is 6.55. The molecule has 0 atom stereocenters. The van der Waals surface area contributed by atoms with Crippen LogP contribution in [-0.4, -0.2) is 32.6 Å². The van der Waals surface area contributed by atoms with Gasteiger partial charge in [-0.15, -0.1) is 12.3 Å². The normalized spacial score (nSPS) is 12.1. The molecule has 0 N–H and O–H groups in total. The van der Waals surface area contributed by atoms with E-state index >= 15 is 0 Å². The fourth-order valence-electron chi connectivity index (χ4n) is 1.60. The van der Waals surface area contributed by atoms with Crippen molar-refractivity contribution in [2.45, 2.75) is 45.8 Å². The van der Waals surface area contributed by atoms with Gasteiger partial charge in [0.15, 0.2) is 0 Å². The highest BCUT2D eigenvalue weighted by Crippen LogP contribution is 2.13. The van der Waals surface area contributed by atoms with Crippen LogP contribution in [0.1, 0.15) is 26.7 Å². The first-order valence-corrected chi connectivity index (χ1v) is 9.20. The van der Waals surface area contributed by atoms with Gasteiger partial charge in [0.05, 0.1) is 8.07 Å². The van der Waals surface area contributed by atoms with Crippen molar-refractivity contribution in [3.8, 4) is 0 Å². The third kappa shape index (κ3) is 6.38. The highest BCUT2D eigenvalue weighted by atomic mass is 28.3. The lowest BCUT2D eigenvalue weighted by Gasteiger charge is -2.22.